The normalized spacial score (nSPS) is 10.3. The molecule has 0 N–H and O–H groups in total. The summed E-state index contributed by atoms with van der Waals surface area (Å²) in [6.45, 7) is -0.584. The van der Waals surface area contributed by atoms with Gasteiger partial charge in [-0.15, -0.1) is 0 Å². The molecule has 1 amide bonds. The molecule has 0 unspecified atom stereocenters. The monoisotopic (exact) mass is 349 g/mol. The first-order valence-corrected chi connectivity index (χ1v) is 8.23. The van der Waals surface area contributed by atoms with Crippen molar-refractivity contribution in [2.45, 2.75) is 0 Å². The van der Waals surface area contributed by atoms with Crippen molar-refractivity contribution in [2.75, 3.05) is 25.2 Å². The largest absolute Gasteiger partial charge is 0.481 e. The number of ether oxygens (including phenoxy) is 2. The molecule has 0 aliphatic heterocycles. The molecule has 0 saturated carbocycles. The third-order valence-corrected chi connectivity index (χ3v) is 3.97. The van der Waals surface area contributed by atoms with Crippen molar-refractivity contribution < 1.29 is 19.1 Å². The molecule has 0 radical (unpaired) electrons. The molecule has 3 rings (SSSR count). The van der Waals surface area contributed by atoms with E-state index in [9.17, 15) is 9.59 Å². The zero-order valence-corrected chi connectivity index (χ0v) is 14.4. The van der Waals surface area contributed by atoms with Crippen LogP contribution in [0.25, 0.3) is 10.8 Å². The summed E-state index contributed by atoms with van der Waals surface area (Å²) in [5.74, 6) is -0.296. The van der Waals surface area contributed by atoms with Gasteiger partial charge < -0.3 is 14.4 Å². The van der Waals surface area contributed by atoms with Crippen molar-refractivity contribution in [1.82, 2.24) is 0 Å². The maximum Gasteiger partial charge on any atom is 0.344 e. The third kappa shape index (κ3) is 4.19. The van der Waals surface area contributed by atoms with E-state index in [1.807, 2.05) is 66.7 Å². The lowest BCUT2D eigenvalue weighted by atomic mass is 10.1. The zero-order chi connectivity index (χ0) is 18.4. The Labute approximate surface area is 151 Å². The van der Waals surface area contributed by atoms with Crippen LogP contribution in [-0.4, -0.2) is 32.1 Å². The van der Waals surface area contributed by atoms with Crippen molar-refractivity contribution in [1.29, 1.82) is 0 Å². The number of rotatable bonds is 6. The highest BCUT2D eigenvalue weighted by molar-refractivity contribution is 5.94. The molecule has 26 heavy (non-hydrogen) atoms. The van der Waals surface area contributed by atoms with Gasteiger partial charge >= 0.3 is 5.97 Å². The molecule has 0 heterocycles. The molecule has 3 aromatic rings. The second kappa shape index (κ2) is 8.16. The van der Waals surface area contributed by atoms with E-state index in [0.29, 0.717) is 5.75 Å². The van der Waals surface area contributed by atoms with E-state index in [1.165, 1.54) is 4.90 Å². The molecule has 5 nitrogen and oxygen atoms in total. The average molecular weight is 349 g/mol. The van der Waals surface area contributed by atoms with Gasteiger partial charge in [0.15, 0.2) is 13.2 Å². The maximum absolute atomic E-state index is 12.1. The highest BCUT2D eigenvalue weighted by Crippen LogP contribution is 2.25. The SMILES string of the molecule is CN(C(=O)COC(=O)COc1cccc2ccccc12)c1ccccc1. The summed E-state index contributed by atoms with van der Waals surface area (Å²) in [6, 6.07) is 22.5. The van der Waals surface area contributed by atoms with Crippen LogP contribution in [0.1, 0.15) is 0 Å². The predicted molar refractivity (Wildman–Crippen MR) is 100 cm³/mol. The second-order valence-corrected chi connectivity index (χ2v) is 5.71. The van der Waals surface area contributed by atoms with Gasteiger partial charge in [-0.05, 0) is 23.6 Å². The number of amides is 1. The fraction of sp³-hybridized carbons (Fsp3) is 0.143. The quantitative estimate of drug-likeness (QED) is 0.640. The van der Waals surface area contributed by atoms with Crippen LogP contribution < -0.4 is 9.64 Å². The lowest BCUT2D eigenvalue weighted by molar-refractivity contribution is -0.149. The Morgan fingerprint density at radius 2 is 1.54 bits per heavy atom. The second-order valence-electron chi connectivity index (χ2n) is 5.71. The van der Waals surface area contributed by atoms with Gasteiger partial charge in [0.2, 0.25) is 0 Å². The highest BCUT2D eigenvalue weighted by Gasteiger charge is 2.14. The van der Waals surface area contributed by atoms with Gasteiger partial charge in [-0.25, -0.2) is 4.79 Å². The smallest absolute Gasteiger partial charge is 0.344 e. The Balaban J connectivity index is 1.52. The number of fused-ring (bicyclic) bond motifs is 1. The summed E-state index contributed by atoms with van der Waals surface area (Å²) in [4.78, 5) is 25.4. The van der Waals surface area contributed by atoms with Gasteiger partial charge in [-0.3, -0.25) is 4.79 Å². The molecule has 0 bridgehead atoms. The minimum absolute atomic E-state index is 0.254. The molecular formula is C21H19NO4. The van der Waals surface area contributed by atoms with E-state index < -0.39 is 5.97 Å². The number of benzene rings is 3. The summed E-state index contributed by atoms with van der Waals surface area (Å²) in [6.07, 6.45) is 0. The molecule has 0 aliphatic rings. The number of likely N-dealkylation sites (N-methyl/N-ethyl adjacent to an activating group) is 1. The van der Waals surface area contributed by atoms with Crippen LogP contribution in [0, 0.1) is 0 Å². The Bertz CT molecular complexity index is 903. The van der Waals surface area contributed by atoms with Gasteiger partial charge in [0.25, 0.3) is 5.91 Å². The Morgan fingerprint density at radius 1 is 0.846 bits per heavy atom. The van der Waals surface area contributed by atoms with Gasteiger partial charge in [0.05, 0.1) is 0 Å². The summed E-state index contributed by atoms with van der Waals surface area (Å²) in [7, 11) is 1.64. The zero-order valence-electron chi connectivity index (χ0n) is 14.4. The number of hydrogen-bond acceptors (Lipinski definition) is 4. The summed E-state index contributed by atoms with van der Waals surface area (Å²) in [5, 5.41) is 1.95. The molecule has 5 heteroatoms. The highest BCUT2D eigenvalue weighted by atomic mass is 16.6. The number of hydrogen-bond donors (Lipinski definition) is 0. The van der Waals surface area contributed by atoms with Crippen LogP contribution in [0.2, 0.25) is 0 Å². The molecule has 0 saturated heterocycles. The van der Waals surface area contributed by atoms with Crippen molar-refractivity contribution >= 4 is 28.3 Å². The van der Waals surface area contributed by atoms with Crippen LogP contribution in [-0.2, 0) is 14.3 Å². The number of anilines is 1. The average Bonchev–Trinajstić information content (AvgIpc) is 2.70. The molecule has 132 valence electrons. The maximum atomic E-state index is 12.1. The van der Waals surface area contributed by atoms with E-state index in [0.717, 1.165) is 16.5 Å². The van der Waals surface area contributed by atoms with E-state index in [1.54, 1.807) is 13.1 Å². The topological polar surface area (TPSA) is 55.8 Å². The molecule has 0 spiro atoms. The first-order chi connectivity index (χ1) is 12.6. The van der Waals surface area contributed by atoms with E-state index in [2.05, 4.69) is 0 Å². The summed E-state index contributed by atoms with van der Waals surface area (Å²) in [5.41, 5.74) is 0.737. The van der Waals surface area contributed by atoms with Crippen LogP contribution in [0.5, 0.6) is 5.75 Å². The van der Waals surface area contributed by atoms with Gasteiger partial charge in [-0.2, -0.15) is 0 Å². The van der Waals surface area contributed by atoms with Gasteiger partial charge in [-0.1, -0.05) is 54.6 Å². The van der Waals surface area contributed by atoms with Gasteiger partial charge in [0, 0.05) is 18.1 Å². The molecule has 0 atom stereocenters. The number of nitrogens with zero attached hydrogens (tertiary/aromatic N) is 1. The van der Waals surface area contributed by atoms with Crippen LogP contribution in [0.4, 0.5) is 5.69 Å². The standard InChI is InChI=1S/C21H19NO4/c1-22(17-10-3-2-4-11-17)20(23)14-26-21(24)15-25-19-13-7-9-16-8-5-6-12-18(16)19/h2-13H,14-15H2,1H3. The fourth-order valence-corrected chi connectivity index (χ4v) is 2.53. The van der Waals surface area contributed by atoms with Gasteiger partial charge in [0.1, 0.15) is 5.75 Å². The molecule has 0 aromatic heterocycles. The van der Waals surface area contributed by atoms with Crippen molar-refractivity contribution in [3.63, 3.8) is 0 Å². The Hall–Kier alpha value is -3.34. The minimum atomic E-state index is -0.590. The fourth-order valence-electron chi connectivity index (χ4n) is 2.53. The minimum Gasteiger partial charge on any atom is -0.481 e. The molecule has 0 aliphatic carbocycles. The summed E-state index contributed by atoms with van der Waals surface area (Å²) >= 11 is 0. The predicted octanol–water partition coefficient (Wildman–Crippen LogP) is 3.42. The van der Waals surface area contributed by atoms with Crippen molar-refractivity contribution in [3.05, 3.63) is 72.8 Å². The number of esters is 1. The molecular weight excluding hydrogens is 330 g/mol. The van der Waals surface area contributed by atoms with E-state index >= 15 is 0 Å². The number of para-hydroxylation sites is 1. The van der Waals surface area contributed by atoms with Crippen LogP contribution >= 0.6 is 0 Å². The molecule has 3 aromatic carbocycles. The van der Waals surface area contributed by atoms with E-state index in [-0.39, 0.29) is 19.1 Å². The number of carbonyl (C=O) groups is 2. The number of carbonyl (C=O) groups excluding carboxylic acids is 2. The first kappa shape index (κ1) is 17.5. The lowest BCUT2D eigenvalue weighted by Crippen LogP contribution is -2.31. The first-order valence-electron chi connectivity index (χ1n) is 8.23. The van der Waals surface area contributed by atoms with Crippen molar-refractivity contribution in [3.8, 4) is 5.75 Å². The van der Waals surface area contributed by atoms with Crippen LogP contribution in [0.3, 0.4) is 0 Å². The van der Waals surface area contributed by atoms with Crippen molar-refractivity contribution in [2.24, 2.45) is 0 Å². The Kier molecular flexibility index (Phi) is 5.49. The third-order valence-electron chi connectivity index (χ3n) is 3.97. The lowest BCUT2D eigenvalue weighted by Gasteiger charge is -2.17. The Morgan fingerprint density at radius 3 is 2.35 bits per heavy atom. The van der Waals surface area contributed by atoms with E-state index in [4.69, 9.17) is 9.47 Å². The van der Waals surface area contributed by atoms with Crippen LogP contribution in [0.15, 0.2) is 72.8 Å². The summed E-state index contributed by atoms with van der Waals surface area (Å²) < 4.78 is 10.6. The molecule has 0 fully saturated rings.